The van der Waals surface area contributed by atoms with Gasteiger partial charge < -0.3 is 5.32 Å². The van der Waals surface area contributed by atoms with Crippen LogP contribution in [0.4, 0.5) is 0 Å². The van der Waals surface area contributed by atoms with Crippen molar-refractivity contribution in [2.24, 2.45) is 0 Å². The predicted octanol–water partition coefficient (Wildman–Crippen LogP) is 3.83. The standard InChI is InChI=1S/C26H23N5O3S/c27-18-26(11-1-2-12-26)21-5-9-23(10-6-21)35(33,34)22-7-3-19(4-8-22)15-29-24(32)20-16-30-25-28-13-14-31(25)17-20/h3-10,13-14,16-17H,1-2,11-12,15H2,(H,29,32). The van der Waals surface area contributed by atoms with E-state index in [4.69, 9.17) is 0 Å². The number of nitriles is 1. The van der Waals surface area contributed by atoms with Gasteiger partial charge in [-0.15, -0.1) is 0 Å². The number of fused-ring (bicyclic) bond motifs is 1. The third-order valence-electron chi connectivity index (χ3n) is 6.58. The molecule has 0 saturated heterocycles. The van der Waals surface area contributed by atoms with Crippen LogP contribution in [0.25, 0.3) is 5.78 Å². The van der Waals surface area contributed by atoms with E-state index in [0.29, 0.717) is 11.3 Å². The number of sulfone groups is 1. The van der Waals surface area contributed by atoms with Crippen molar-refractivity contribution in [1.82, 2.24) is 19.7 Å². The maximum Gasteiger partial charge on any atom is 0.254 e. The van der Waals surface area contributed by atoms with Gasteiger partial charge in [0.2, 0.25) is 15.6 Å². The minimum Gasteiger partial charge on any atom is -0.348 e. The molecule has 4 aromatic rings. The zero-order valence-electron chi connectivity index (χ0n) is 18.9. The number of nitrogens with one attached hydrogen (secondary N) is 1. The molecular weight excluding hydrogens is 462 g/mol. The number of hydrogen-bond acceptors (Lipinski definition) is 6. The molecule has 0 spiro atoms. The van der Waals surface area contributed by atoms with Gasteiger partial charge in [-0.05, 0) is 48.2 Å². The van der Waals surface area contributed by atoms with E-state index in [1.807, 2.05) is 0 Å². The smallest absolute Gasteiger partial charge is 0.254 e. The molecule has 1 fully saturated rings. The van der Waals surface area contributed by atoms with Gasteiger partial charge in [0.25, 0.3) is 5.91 Å². The number of rotatable bonds is 6. The molecule has 2 aromatic carbocycles. The van der Waals surface area contributed by atoms with E-state index >= 15 is 0 Å². The predicted molar refractivity (Wildman–Crippen MR) is 128 cm³/mol. The number of nitrogens with zero attached hydrogens (tertiary/aromatic N) is 4. The Labute approximate surface area is 203 Å². The highest BCUT2D eigenvalue weighted by Crippen LogP contribution is 2.40. The monoisotopic (exact) mass is 485 g/mol. The molecule has 1 N–H and O–H groups in total. The lowest BCUT2D eigenvalue weighted by atomic mass is 9.80. The Kier molecular flexibility index (Phi) is 5.83. The van der Waals surface area contributed by atoms with Gasteiger partial charge >= 0.3 is 0 Å². The fraction of sp³-hybridized carbons (Fsp3) is 0.231. The molecule has 1 aliphatic rings. The van der Waals surface area contributed by atoms with Crippen molar-refractivity contribution in [3.63, 3.8) is 0 Å². The van der Waals surface area contributed by atoms with Gasteiger partial charge in [-0.3, -0.25) is 9.20 Å². The maximum atomic E-state index is 13.1. The molecule has 1 amide bonds. The maximum absolute atomic E-state index is 13.1. The molecule has 35 heavy (non-hydrogen) atoms. The molecule has 8 nitrogen and oxygen atoms in total. The molecule has 0 bridgehead atoms. The van der Waals surface area contributed by atoms with E-state index in [2.05, 4.69) is 21.4 Å². The summed E-state index contributed by atoms with van der Waals surface area (Å²) in [5.74, 6) is 0.221. The van der Waals surface area contributed by atoms with Crippen LogP contribution in [-0.2, 0) is 21.8 Å². The van der Waals surface area contributed by atoms with Crippen LogP contribution in [0.15, 0.2) is 83.1 Å². The largest absolute Gasteiger partial charge is 0.348 e. The number of imidazole rings is 1. The molecule has 0 unspecified atom stereocenters. The van der Waals surface area contributed by atoms with E-state index in [-0.39, 0.29) is 22.2 Å². The molecule has 1 aliphatic carbocycles. The van der Waals surface area contributed by atoms with Crippen molar-refractivity contribution in [1.29, 1.82) is 5.26 Å². The quantitative estimate of drug-likeness (QED) is 0.444. The van der Waals surface area contributed by atoms with E-state index in [1.165, 1.54) is 18.3 Å². The second kappa shape index (κ2) is 8.96. The Bertz CT molecular complexity index is 1530. The van der Waals surface area contributed by atoms with Crippen molar-refractivity contribution in [2.75, 3.05) is 0 Å². The van der Waals surface area contributed by atoms with Gasteiger partial charge in [0.05, 0.1) is 26.8 Å². The Morgan fingerprint density at radius 1 is 1.03 bits per heavy atom. The lowest BCUT2D eigenvalue weighted by Gasteiger charge is -2.20. The van der Waals surface area contributed by atoms with Gasteiger partial charge in [0.15, 0.2) is 0 Å². The summed E-state index contributed by atoms with van der Waals surface area (Å²) in [7, 11) is -3.70. The van der Waals surface area contributed by atoms with Crippen LogP contribution in [0.1, 0.15) is 47.2 Å². The Hall–Kier alpha value is -4.03. The van der Waals surface area contributed by atoms with Crippen LogP contribution in [0, 0.1) is 11.3 Å². The summed E-state index contributed by atoms with van der Waals surface area (Å²) in [5.41, 5.74) is 1.54. The van der Waals surface area contributed by atoms with Crippen molar-refractivity contribution >= 4 is 21.5 Å². The van der Waals surface area contributed by atoms with Gasteiger partial charge in [-0.1, -0.05) is 37.1 Å². The molecule has 5 rings (SSSR count). The summed E-state index contributed by atoms with van der Waals surface area (Å²) in [6, 6.07) is 15.6. The van der Waals surface area contributed by atoms with Gasteiger partial charge in [0, 0.05) is 31.3 Å². The topological polar surface area (TPSA) is 117 Å². The highest BCUT2D eigenvalue weighted by Gasteiger charge is 2.35. The van der Waals surface area contributed by atoms with E-state index in [9.17, 15) is 18.5 Å². The second-order valence-corrected chi connectivity index (χ2v) is 10.7. The highest BCUT2D eigenvalue weighted by molar-refractivity contribution is 7.91. The molecule has 9 heteroatoms. The summed E-state index contributed by atoms with van der Waals surface area (Å²) in [6.45, 7) is 0.242. The Morgan fingerprint density at radius 3 is 2.34 bits per heavy atom. The molecule has 0 atom stereocenters. The van der Waals surface area contributed by atoms with Crippen LogP contribution in [-0.4, -0.2) is 28.7 Å². The van der Waals surface area contributed by atoms with Crippen LogP contribution in [0.5, 0.6) is 0 Å². The molecule has 176 valence electrons. The molecule has 2 heterocycles. The summed E-state index contributed by atoms with van der Waals surface area (Å²) in [5, 5.41) is 12.5. The fourth-order valence-electron chi connectivity index (χ4n) is 4.54. The average molecular weight is 486 g/mol. The number of hydrogen-bond donors (Lipinski definition) is 1. The summed E-state index contributed by atoms with van der Waals surface area (Å²) in [6.07, 6.45) is 10.1. The van der Waals surface area contributed by atoms with E-state index < -0.39 is 15.3 Å². The first-order chi connectivity index (χ1) is 16.9. The molecule has 0 radical (unpaired) electrons. The van der Waals surface area contributed by atoms with Crippen molar-refractivity contribution in [3.05, 3.63) is 90.0 Å². The number of aromatic nitrogens is 3. The zero-order chi connectivity index (χ0) is 24.5. The Balaban J connectivity index is 1.27. The molecular formula is C26H23N5O3S. The summed E-state index contributed by atoms with van der Waals surface area (Å²) in [4.78, 5) is 21.0. The molecule has 0 aliphatic heterocycles. The number of carbonyl (C=O) groups excluding carboxylic acids is 1. The van der Waals surface area contributed by atoms with Crippen LogP contribution in [0.2, 0.25) is 0 Å². The second-order valence-electron chi connectivity index (χ2n) is 8.73. The first-order valence-corrected chi connectivity index (χ1v) is 12.8. The van der Waals surface area contributed by atoms with Crippen LogP contribution < -0.4 is 5.32 Å². The molecule has 1 saturated carbocycles. The number of benzene rings is 2. The van der Waals surface area contributed by atoms with Crippen molar-refractivity contribution in [2.45, 2.75) is 47.4 Å². The molecule has 2 aromatic heterocycles. The van der Waals surface area contributed by atoms with Crippen molar-refractivity contribution in [3.8, 4) is 6.07 Å². The third-order valence-corrected chi connectivity index (χ3v) is 8.37. The number of carbonyl (C=O) groups is 1. The van der Waals surface area contributed by atoms with E-state index in [0.717, 1.165) is 36.8 Å². The van der Waals surface area contributed by atoms with E-state index in [1.54, 1.807) is 59.4 Å². The first-order valence-electron chi connectivity index (χ1n) is 11.3. The zero-order valence-corrected chi connectivity index (χ0v) is 19.7. The lowest BCUT2D eigenvalue weighted by molar-refractivity contribution is 0.0950. The van der Waals surface area contributed by atoms with Gasteiger partial charge in [0.1, 0.15) is 0 Å². The Morgan fingerprint density at radius 2 is 1.69 bits per heavy atom. The SMILES string of the molecule is N#CC1(c2ccc(S(=O)(=O)c3ccc(CNC(=O)c4cnc5nccn5c4)cc3)cc2)CCCC1. The summed E-state index contributed by atoms with van der Waals surface area (Å²) < 4.78 is 27.9. The normalized spacial score (nSPS) is 15.1. The third kappa shape index (κ3) is 4.29. The minimum atomic E-state index is -3.70. The van der Waals surface area contributed by atoms with Gasteiger partial charge in [-0.2, -0.15) is 5.26 Å². The van der Waals surface area contributed by atoms with Crippen molar-refractivity contribution < 1.29 is 13.2 Å². The average Bonchev–Trinajstić information content (AvgIpc) is 3.57. The highest BCUT2D eigenvalue weighted by atomic mass is 32.2. The van der Waals surface area contributed by atoms with Gasteiger partial charge in [-0.25, -0.2) is 18.4 Å². The minimum absolute atomic E-state index is 0.172. The lowest BCUT2D eigenvalue weighted by Crippen LogP contribution is -2.23. The first kappa shape index (κ1) is 22.7. The summed E-state index contributed by atoms with van der Waals surface area (Å²) >= 11 is 0. The van der Waals surface area contributed by atoms with Crippen LogP contribution >= 0.6 is 0 Å². The number of amides is 1. The van der Waals surface area contributed by atoms with Crippen LogP contribution in [0.3, 0.4) is 0 Å². The fourth-order valence-corrected chi connectivity index (χ4v) is 5.80.